The van der Waals surface area contributed by atoms with Crippen molar-refractivity contribution < 1.29 is 9.53 Å². The quantitative estimate of drug-likeness (QED) is 0.358. The van der Waals surface area contributed by atoms with Crippen molar-refractivity contribution >= 4 is 38.4 Å². The summed E-state index contributed by atoms with van der Waals surface area (Å²) in [5, 5.41) is 4.20. The highest BCUT2D eigenvalue weighted by atomic mass is 16.5. The van der Waals surface area contributed by atoms with E-state index in [0.717, 1.165) is 27.2 Å². The predicted molar refractivity (Wildman–Crippen MR) is 119 cm³/mol. The van der Waals surface area contributed by atoms with Crippen molar-refractivity contribution in [3.8, 4) is 5.75 Å². The number of carbonyl (C=O) groups is 1. The van der Waals surface area contributed by atoms with E-state index in [-0.39, 0.29) is 5.78 Å². The molecule has 0 aliphatic heterocycles. The average Bonchev–Trinajstić information content (AvgIpc) is 3.03. The Morgan fingerprint density at radius 3 is 2.34 bits per heavy atom. The van der Waals surface area contributed by atoms with Gasteiger partial charge in [-0.05, 0) is 54.1 Å². The third-order valence-electron chi connectivity index (χ3n) is 5.76. The van der Waals surface area contributed by atoms with Gasteiger partial charge in [0, 0.05) is 34.4 Å². The molecule has 0 saturated heterocycles. The summed E-state index contributed by atoms with van der Waals surface area (Å²) in [5.41, 5.74) is 4.77. The molecule has 0 bridgehead atoms. The highest BCUT2D eigenvalue weighted by molar-refractivity contribution is 6.20. The van der Waals surface area contributed by atoms with Crippen LogP contribution >= 0.6 is 0 Å². The summed E-state index contributed by atoms with van der Waals surface area (Å²) in [7, 11) is 3.67. The van der Waals surface area contributed by atoms with Gasteiger partial charge in [0.1, 0.15) is 5.75 Å². The summed E-state index contributed by atoms with van der Waals surface area (Å²) in [6.45, 7) is 2.09. The smallest absolute Gasteiger partial charge is 0.197 e. The fraction of sp³-hybridized carbons (Fsp3) is 0.115. The Morgan fingerprint density at radius 1 is 0.828 bits per heavy atom. The first kappa shape index (κ1) is 17.5. The van der Waals surface area contributed by atoms with E-state index in [1.807, 2.05) is 54.6 Å². The predicted octanol–water partition coefficient (Wildman–Crippen LogP) is 6.03. The molecule has 0 N–H and O–H groups in total. The highest BCUT2D eigenvalue weighted by Crippen LogP contribution is 2.33. The maximum atomic E-state index is 13.6. The monoisotopic (exact) mass is 379 g/mol. The van der Waals surface area contributed by atoms with E-state index in [0.29, 0.717) is 16.9 Å². The summed E-state index contributed by atoms with van der Waals surface area (Å²) < 4.78 is 7.73. The molecule has 0 aliphatic rings. The molecule has 3 heteroatoms. The van der Waals surface area contributed by atoms with Gasteiger partial charge in [-0.1, -0.05) is 42.0 Å². The van der Waals surface area contributed by atoms with Gasteiger partial charge in [-0.15, -0.1) is 0 Å². The second kappa shape index (κ2) is 6.49. The molecule has 0 fully saturated rings. The number of benzene rings is 4. The lowest BCUT2D eigenvalue weighted by Gasteiger charge is -2.11. The number of aryl methyl sites for hydroxylation is 2. The number of hydrogen-bond acceptors (Lipinski definition) is 2. The number of aromatic nitrogens is 1. The number of carbonyl (C=O) groups excluding carboxylic acids is 1. The van der Waals surface area contributed by atoms with Gasteiger partial charge < -0.3 is 9.30 Å². The molecule has 0 atom stereocenters. The molecule has 0 aliphatic carbocycles. The van der Waals surface area contributed by atoms with E-state index in [2.05, 4.69) is 36.7 Å². The van der Waals surface area contributed by atoms with Crippen LogP contribution in [0, 0.1) is 6.92 Å². The normalized spacial score (nSPS) is 11.4. The van der Waals surface area contributed by atoms with Crippen LogP contribution in [0.4, 0.5) is 0 Å². The fourth-order valence-corrected chi connectivity index (χ4v) is 4.27. The minimum atomic E-state index is -0.0230. The Kier molecular flexibility index (Phi) is 3.92. The molecule has 5 aromatic rings. The van der Waals surface area contributed by atoms with E-state index >= 15 is 0 Å². The largest absolute Gasteiger partial charge is 0.496 e. The van der Waals surface area contributed by atoms with Crippen LogP contribution in [0.15, 0.2) is 72.8 Å². The standard InChI is InChI=1S/C26H21NO2/c1-16-8-11-22-20(14-16)21-15-18(9-12-23(21)27(22)2)26(28)25-19-7-5-4-6-17(19)10-13-24(25)29-3/h4-15H,1-3H3. The maximum Gasteiger partial charge on any atom is 0.197 e. The van der Waals surface area contributed by atoms with E-state index in [1.54, 1.807) is 7.11 Å². The van der Waals surface area contributed by atoms with Crippen molar-refractivity contribution in [3.05, 3.63) is 89.5 Å². The average molecular weight is 379 g/mol. The van der Waals surface area contributed by atoms with Gasteiger partial charge in [0.15, 0.2) is 5.78 Å². The second-order valence-electron chi connectivity index (χ2n) is 7.50. The Balaban J connectivity index is 1.76. The first-order valence-electron chi connectivity index (χ1n) is 9.68. The van der Waals surface area contributed by atoms with Crippen LogP contribution in [0.5, 0.6) is 5.75 Å². The van der Waals surface area contributed by atoms with Gasteiger partial charge in [-0.25, -0.2) is 0 Å². The van der Waals surface area contributed by atoms with Crippen molar-refractivity contribution in [3.63, 3.8) is 0 Å². The molecule has 142 valence electrons. The lowest BCUT2D eigenvalue weighted by molar-refractivity contribution is 0.103. The van der Waals surface area contributed by atoms with Crippen LogP contribution in [0.3, 0.4) is 0 Å². The van der Waals surface area contributed by atoms with Gasteiger partial charge in [-0.2, -0.15) is 0 Å². The minimum absolute atomic E-state index is 0.0230. The van der Waals surface area contributed by atoms with Crippen LogP contribution in [-0.4, -0.2) is 17.5 Å². The van der Waals surface area contributed by atoms with Gasteiger partial charge in [-0.3, -0.25) is 4.79 Å². The van der Waals surface area contributed by atoms with Gasteiger partial charge in [0.25, 0.3) is 0 Å². The Labute approximate surface area is 169 Å². The van der Waals surface area contributed by atoms with E-state index in [1.165, 1.54) is 10.9 Å². The zero-order valence-corrected chi connectivity index (χ0v) is 16.7. The molecular formula is C26H21NO2. The highest BCUT2D eigenvalue weighted by Gasteiger charge is 2.19. The topological polar surface area (TPSA) is 31.2 Å². The van der Waals surface area contributed by atoms with Crippen LogP contribution in [0.1, 0.15) is 21.5 Å². The summed E-state index contributed by atoms with van der Waals surface area (Å²) in [5.74, 6) is 0.577. The lowest BCUT2D eigenvalue weighted by atomic mass is 9.95. The summed E-state index contributed by atoms with van der Waals surface area (Å²) in [6, 6.07) is 24.2. The molecule has 5 rings (SSSR count). The molecule has 0 saturated carbocycles. The Morgan fingerprint density at radius 2 is 1.55 bits per heavy atom. The zero-order chi connectivity index (χ0) is 20.1. The summed E-state index contributed by atoms with van der Waals surface area (Å²) >= 11 is 0. The molecule has 1 heterocycles. The van der Waals surface area contributed by atoms with E-state index < -0.39 is 0 Å². The minimum Gasteiger partial charge on any atom is -0.496 e. The Bertz CT molecular complexity index is 1430. The molecule has 1 aromatic heterocycles. The zero-order valence-electron chi connectivity index (χ0n) is 16.7. The number of ketones is 1. The Hall–Kier alpha value is -3.59. The van der Waals surface area contributed by atoms with Crippen LogP contribution < -0.4 is 4.74 Å². The van der Waals surface area contributed by atoms with Gasteiger partial charge >= 0.3 is 0 Å². The second-order valence-corrected chi connectivity index (χ2v) is 7.50. The molecule has 4 aromatic carbocycles. The van der Waals surface area contributed by atoms with E-state index in [9.17, 15) is 4.79 Å². The number of ether oxygens (including phenoxy) is 1. The fourth-order valence-electron chi connectivity index (χ4n) is 4.27. The number of rotatable bonds is 3. The molecule has 3 nitrogen and oxygen atoms in total. The van der Waals surface area contributed by atoms with Crippen molar-refractivity contribution in [2.24, 2.45) is 7.05 Å². The van der Waals surface area contributed by atoms with Crippen molar-refractivity contribution in [2.45, 2.75) is 6.92 Å². The van der Waals surface area contributed by atoms with Crippen molar-refractivity contribution in [1.29, 1.82) is 0 Å². The van der Waals surface area contributed by atoms with Crippen LogP contribution in [-0.2, 0) is 7.05 Å². The molecule has 0 unspecified atom stereocenters. The molecule has 0 amide bonds. The van der Waals surface area contributed by atoms with E-state index in [4.69, 9.17) is 4.74 Å². The van der Waals surface area contributed by atoms with Gasteiger partial charge in [0.05, 0.1) is 12.7 Å². The number of fused-ring (bicyclic) bond motifs is 4. The van der Waals surface area contributed by atoms with Gasteiger partial charge in [0.2, 0.25) is 0 Å². The van der Waals surface area contributed by atoms with Crippen molar-refractivity contribution in [2.75, 3.05) is 7.11 Å². The molecule has 0 radical (unpaired) electrons. The molecular weight excluding hydrogens is 358 g/mol. The molecule has 29 heavy (non-hydrogen) atoms. The van der Waals surface area contributed by atoms with Crippen LogP contribution in [0.2, 0.25) is 0 Å². The lowest BCUT2D eigenvalue weighted by Crippen LogP contribution is -2.05. The number of nitrogens with zero attached hydrogens (tertiary/aromatic N) is 1. The van der Waals surface area contributed by atoms with Crippen molar-refractivity contribution in [1.82, 2.24) is 4.57 Å². The molecule has 0 spiro atoms. The summed E-state index contributed by atoms with van der Waals surface area (Å²) in [4.78, 5) is 13.6. The first-order chi connectivity index (χ1) is 14.1. The third-order valence-corrected chi connectivity index (χ3v) is 5.76. The number of methoxy groups -OCH3 is 1. The van der Waals surface area contributed by atoms with Crippen LogP contribution in [0.25, 0.3) is 32.6 Å². The SMILES string of the molecule is COc1ccc2ccccc2c1C(=O)c1ccc2c(c1)c1cc(C)ccc1n2C. The number of hydrogen-bond donors (Lipinski definition) is 0. The maximum absolute atomic E-state index is 13.6. The first-order valence-corrected chi connectivity index (χ1v) is 9.68. The third kappa shape index (κ3) is 2.62. The summed E-state index contributed by atoms with van der Waals surface area (Å²) in [6.07, 6.45) is 0.